The fourth-order valence-electron chi connectivity index (χ4n) is 6.76. The molecule has 0 aliphatic heterocycles. The largest absolute Gasteiger partial charge is 0.482 e. The zero-order valence-corrected chi connectivity index (χ0v) is 17.7. The van der Waals surface area contributed by atoms with Gasteiger partial charge in [0.05, 0.1) is 0 Å². The van der Waals surface area contributed by atoms with Crippen LogP contribution in [0.5, 0.6) is 5.75 Å². The van der Waals surface area contributed by atoms with Gasteiger partial charge in [-0.05, 0) is 105 Å². The van der Waals surface area contributed by atoms with Gasteiger partial charge < -0.3 is 10.5 Å². The molecule has 0 radical (unpaired) electrons. The molecule has 2 N–H and O–H groups in total. The normalized spacial score (nSPS) is 35.1. The molecule has 2 saturated carbocycles. The summed E-state index contributed by atoms with van der Waals surface area (Å²) < 4.78 is 6.15. The Bertz CT molecular complexity index is 736. The lowest BCUT2D eigenvalue weighted by Gasteiger charge is -2.51. The third-order valence-electron chi connectivity index (χ3n) is 8.53. The standard InChI is InChI=1S/C25H37NO/c1-6-18-8-12-23-22-10-7-17-15-19(27-24(3,4)16(2)26)9-11-20(17)21(22)13-14-25(18,23)5/h9,11,15,18,21-23H,2,6-8,10,12-14,26H2,1,3-5H3/t18-,21?,22?,23?,25+/m0/s1. The number of ether oxygens (including phenoxy) is 1. The van der Waals surface area contributed by atoms with Crippen molar-refractivity contribution in [3.8, 4) is 5.75 Å². The molecule has 5 atom stereocenters. The van der Waals surface area contributed by atoms with E-state index in [1.807, 2.05) is 13.8 Å². The molecule has 1 aromatic carbocycles. The van der Waals surface area contributed by atoms with E-state index in [1.54, 1.807) is 5.56 Å². The third kappa shape index (κ3) is 3.00. The molecule has 27 heavy (non-hydrogen) atoms. The van der Waals surface area contributed by atoms with Gasteiger partial charge in [-0.1, -0.05) is 32.9 Å². The van der Waals surface area contributed by atoms with E-state index >= 15 is 0 Å². The Balaban J connectivity index is 1.58. The van der Waals surface area contributed by atoms with Gasteiger partial charge in [0, 0.05) is 5.70 Å². The smallest absolute Gasteiger partial charge is 0.142 e. The maximum absolute atomic E-state index is 6.15. The quantitative estimate of drug-likeness (QED) is 0.687. The van der Waals surface area contributed by atoms with Crippen LogP contribution in [0.3, 0.4) is 0 Å². The van der Waals surface area contributed by atoms with Crippen LogP contribution in [0.15, 0.2) is 30.5 Å². The molecule has 0 bridgehead atoms. The minimum absolute atomic E-state index is 0.531. The highest BCUT2D eigenvalue weighted by Gasteiger charge is 2.53. The molecule has 3 aliphatic carbocycles. The second kappa shape index (κ2) is 6.57. The van der Waals surface area contributed by atoms with Gasteiger partial charge in [0.15, 0.2) is 0 Å². The molecular weight excluding hydrogens is 330 g/mol. The summed E-state index contributed by atoms with van der Waals surface area (Å²) in [5.74, 6) is 4.46. The second-order valence-corrected chi connectivity index (χ2v) is 10.1. The summed E-state index contributed by atoms with van der Waals surface area (Å²) in [6.45, 7) is 12.9. The van der Waals surface area contributed by atoms with Crippen molar-refractivity contribution in [2.75, 3.05) is 0 Å². The zero-order valence-electron chi connectivity index (χ0n) is 17.7. The highest BCUT2D eigenvalue weighted by Crippen LogP contribution is 2.63. The summed E-state index contributed by atoms with van der Waals surface area (Å²) in [6.07, 6.45) is 9.61. The summed E-state index contributed by atoms with van der Waals surface area (Å²) in [5, 5.41) is 0. The number of hydrogen-bond donors (Lipinski definition) is 1. The SMILES string of the molecule is C=C(N)C(C)(C)Oc1ccc2c(c1)CCC1C2CC[C@@]2(C)C1CC[C@@H]2CC. The van der Waals surface area contributed by atoms with Crippen molar-refractivity contribution in [2.24, 2.45) is 28.9 Å². The average molecular weight is 368 g/mol. The molecule has 0 saturated heterocycles. The van der Waals surface area contributed by atoms with Crippen LogP contribution in [0.4, 0.5) is 0 Å². The third-order valence-corrected chi connectivity index (χ3v) is 8.53. The Morgan fingerprint density at radius 1 is 1.26 bits per heavy atom. The van der Waals surface area contributed by atoms with E-state index in [0.717, 1.165) is 29.4 Å². The maximum Gasteiger partial charge on any atom is 0.142 e. The fourth-order valence-corrected chi connectivity index (χ4v) is 6.76. The van der Waals surface area contributed by atoms with Crippen molar-refractivity contribution in [1.82, 2.24) is 0 Å². The van der Waals surface area contributed by atoms with E-state index in [0.29, 0.717) is 11.1 Å². The topological polar surface area (TPSA) is 35.2 Å². The number of hydrogen-bond acceptors (Lipinski definition) is 2. The van der Waals surface area contributed by atoms with E-state index in [-0.39, 0.29) is 0 Å². The molecule has 0 spiro atoms. The number of benzene rings is 1. The van der Waals surface area contributed by atoms with Crippen molar-refractivity contribution in [3.63, 3.8) is 0 Å². The van der Waals surface area contributed by atoms with Gasteiger partial charge in [0.2, 0.25) is 0 Å². The first-order valence-corrected chi connectivity index (χ1v) is 11.0. The number of rotatable bonds is 4. The second-order valence-electron chi connectivity index (χ2n) is 10.1. The van der Waals surface area contributed by atoms with Crippen molar-refractivity contribution < 1.29 is 4.74 Å². The first kappa shape index (κ1) is 18.9. The molecule has 2 fully saturated rings. The van der Waals surface area contributed by atoms with Crippen molar-refractivity contribution in [2.45, 2.75) is 84.2 Å². The minimum Gasteiger partial charge on any atom is -0.482 e. The first-order chi connectivity index (χ1) is 12.8. The van der Waals surface area contributed by atoms with E-state index in [4.69, 9.17) is 10.5 Å². The summed E-state index contributed by atoms with van der Waals surface area (Å²) in [7, 11) is 0. The molecule has 0 heterocycles. The van der Waals surface area contributed by atoms with Gasteiger partial charge >= 0.3 is 0 Å². The zero-order chi connectivity index (χ0) is 19.4. The molecule has 2 nitrogen and oxygen atoms in total. The Labute approximate surface area is 165 Å². The first-order valence-electron chi connectivity index (χ1n) is 11.0. The molecule has 0 amide bonds. The Hall–Kier alpha value is -1.44. The summed E-state index contributed by atoms with van der Waals surface area (Å²) in [5.41, 5.74) is 9.65. The molecule has 3 unspecified atom stereocenters. The monoisotopic (exact) mass is 367 g/mol. The Kier molecular flexibility index (Phi) is 4.60. The molecule has 2 heteroatoms. The number of nitrogens with two attached hydrogens (primary N) is 1. The van der Waals surface area contributed by atoms with Crippen LogP contribution < -0.4 is 10.5 Å². The molecule has 3 aliphatic rings. The lowest BCUT2D eigenvalue weighted by atomic mass is 9.54. The van der Waals surface area contributed by atoms with E-state index in [9.17, 15) is 0 Å². The lowest BCUT2D eigenvalue weighted by Crippen LogP contribution is -2.42. The van der Waals surface area contributed by atoms with Gasteiger partial charge in [-0.15, -0.1) is 0 Å². The van der Waals surface area contributed by atoms with Crippen molar-refractivity contribution in [3.05, 3.63) is 41.6 Å². The van der Waals surface area contributed by atoms with Crippen molar-refractivity contribution >= 4 is 0 Å². The van der Waals surface area contributed by atoms with E-state index in [2.05, 4.69) is 38.6 Å². The summed E-state index contributed by atoms with van der Waals surface area (Å²) in [4.78, 5) is 0. The van der Waals surface area contributed by atoms with Gasteiger partial charge in [-0.2, -0.15) is 0 Å². The molecule has 4 rings (SSSR count). The summed E-state index contributed by atoms with van der Waals surface area (Å²) in [6, 6.07) is 6.78. The highest BCUT2D eigenvalue weighted by atomic mass is 16.5. The van der Waals surface area contributed by atoms with Crippen LogP contribution in [0, 0.1) is 23.2 Å². The Morgan fingerprint density at radius 2 is 2.04 bits per heavy atom. The number of aryl methyl sites for hydroxylation is 1. The van der Waals surface area contributed by atoms with E-state index < -0.39 is 5.60 Å². The lowest BCUT2D eigenvalue weighted by molar-refractivity contribution is 0.0273. The Morgan fingerprint density at radius 3 is 2.74 bits per heavy atom. The predicted molar refractivity (Wildman–Crippen MR) is 113 cm³/mol. The average Bonchev–Trinajstić information content (AvgIpc) is 2.97. The molecular formula is C25H37NO. The fraction of sp³-hybridized carbons (Fsp3) is 0.680. The van der Waals surface area contributed by atoms with Gasteiger partial charge in [0.25, 0.3) is 0 Å². The van der Waals surface area contributed by atoms with Crippen LogP contribution in [0.25, 0.3) is 0 Å². The predicted octanol–water partition coefficient (Wildman–Crippen LogP) is 6.20. The minimum atomic E-state index is -0.531. The highest BCUT2D eigenvalue weighted by molar-refractivity contribution is 5.41. The van der Waals surface area contributed by atoms with Crippen LogP contribution in [-0.4, -0.2) is 5.60 Å². The maximum atomic E-state index is 6.15. The van der Waals surface area contributed by atoms with Crippen LogP contribution in [0.1, 0.15) is 83.3 Å². The molecule has 0 aromatic heterocycles. The molecule has 148 valence electrons. The number of fused-ring (bicyclic) bond motifs is 5. The van der Waals surface area contributed by atoms with Gasteiger partial charge in [-0.25, -0.2) is 0 Å². The van der Waals surface area contributed by atoms with Crippen LogP contribution in [-0.2, 0) is 6.42 Å². The van der Waals surface area contributed by atoms with Gasteiger partial charge in [-0.3, -0.25) is 0 Å². The molecule has 1 aromatic rings. The van der Waals surface area contributed by atoms with Crippen molar-refractivity contribution in [1.29, 1.82) is 0 Å². The van der Waals surface area contributed by atoms with E-state index in [1.165, 1.54) is 50.5 Å². The van der Waals surface area contributed by atoms with Gasteiger partial charge in [0.1, 0.15) is 11.4 Å². The van der Waals surface area contributed by atoms with Crippen LogP contribution >= 0.6 is 0 Å². The van der Waals surface area contributed by atoms with Crippen LogP contribution in [0.2, 0.25) is 0 Å². The summed E-state index contributed by atoms with van der Waals surface area (Å²) >= 11 is 0.